The van der Waals surface area contributed by atoms with Crippen molar-refractivity contribution in [2.45, 2.75) is 105 Å². The van der Waals surface area contributed by atoms with E-state index in [0.717, 1.165) is 29.9 Å². The Bertz CT molecular complexity index is 582. The number of phenols is 1. The summed E-state index contributed by atoms with van der Waals surface area (Å²) in [5, 5.41) is 10.3. The molecule has 154 valence electrons. The van der Waals surface area contributed by atoms with Crippen LogP contribution in [0.15, 0.2) is 12.1 Å². The highest BCUT2D eigenvalue weighted by Crippen LogP contribution is 2.36. The number of carbonyl (C=O) groups excluding carboxylic acids is 1. The van der Waals surface area contributed by atoms with Gasteiger partial charge < -0.3 is 9.84 Å². The van der Waals surface area contributed by atoms with Crippen molar-refractivity contribution in [1.82, 2.24) is 0 Å². The lowest BCUT2D eigenvalue weighted by atomic mass is 9.85. The zero-order valence-corrected chi connectivity index (χ0v) is 18.4. The zero-order valence-electron chi connectivity index (χ0n) is 18.4. The van der Waals surface area contributed by atoms with Crippen LogP contribution in [0.5, 0.6) is 11.5 Å². The van der Waals surface area contributed by atoms with Crippen LogP contribution < -0.4 is 4.74 Å². The topological polar surface area (TPSA) is 46.5 Å². The van der Waals surface area contributed by atoms with Crippen LogP contribution >= 0.6 is 0 Å². The van der Waals surface area contributed by atoms with Gasteiger partial charge in [0.25, 0.3) is 0 Å². The maximum absolute atomic E-state index is 12.1. The molecule has 3 nitrogen and oxygen atoms in total. The largest absolute Gasteiger partial charge is 0.507 e. The first kappa shape index (κ1) is 23.5. The average Bonchev–Trinajstić information content (AvgIpc) is 2.55. The van der Waals surface area contributed by atoms with E-state index in [-0.39, 0.29) is 17.1 Å². The SMILES string of the molecule is Cc1cc(OC(=O)CCCCCCCCCC(C)C)cc(C(C)(C)C)c1O. The summed E-state index contributed by atoms with van der Waals surface area (Å²) in [5.74, 6) is 1.45. The Hall–Kier alpha value is -1.51. The number of phenolic OH excluding ortho intramolecular Hbond substituents is 1. The number of hydrogen-bond acceptors (Lipinski definition) is 3. The van der Waals surface area contributed by atoms with E-state index in [1.807, 2.05) is 27.7 Å². The van der Waals surface area contributed by atoms with E-state index >= 15 is 0 Å². The van der Waals surface area contributed by atoms with Crippen molar-refractivity contribution in [3.63, 3.8) is 0 Å². The van der Waals surface area contributed by atoms with E-state index in [1.165, 1.54) is 38.5 Å². The number of benzene rings is 1. The molecule has 27 heavy (non-hydrogen) atoms. The normalized spacial score (nSPS) is 11.8. The van der Waals surface area contributed by atoms with Gasteiger partial charge in [-0.05, 0) is 42.4 Å². The molecule has 0 saturated heterocycles. The molecule has 1 aromatic carbocycles. The minimum Gasteiger partial charge on any atom is -0.507 e. The Morgan fingerprint density at radius 1 is 1.00 bits per heavy atom. The van der Waals surface area contributed by atoms with Crippen LogP contribution in [0.4, 0.5) is 0 Å². The van der Waals surface area contributed by atoms with Gasteiger partial charge in [0.15, 0.2) is 0 Å². The number of carbonyl (C=O) groups is 1. The first-order valence-corrected chi connectivity index (χ1v) is 10.7. The van der Waals surface area contributed by atoms with E-state index in [4.69, 9.17) is 4.74 Å². The molecule has 0 saturated carbocycles. The molecule has 0 radical (unpaired) electrons. The van der Waals surface area contributed by atoms with Crippen LogP contribution in [-0.2, 0) is 10.2 Å². The van der Waals surface area contributed by atoms with Crippen molar-refractivity contribution in [1.29, 1.82) is 0 Å². The van der Waals surface area contributed by atoms with Gasteiger partial charge in [0.05, 0.1) is 0 Å². The molecule has 0 aromatic heterocycles. The summed E-state index contributed by atoms with van der Waals surface area (Å²) in [7, 11) is 0. The second-order valence-corrected chi connectivity index (χ2v) is 9.27. The summed E-state index contributed by atoms with van der Waals surface area (Å²) in [6.45, 7) is 12.5. The summed E-state index contributed by atoms with van der Waals surface area (Å²) in [6, 6.07) is 3.52. The lowest BCUT2D eigenvalue weighted by molar-refractivity contribution is -0.134. The first-order valence-electron chi connectivity index (χ1n) is 10.7. The van der Waals surface area contributed by atoms with Crippen LogP contribution in [0.25, 0.3) is 0 Å². The molecule has 0 fully saturated rings. The van der Waals surface area contributed by atoms with Gasteiger partial charge in [-0.2, -0.15) is 0 Å². The van der Waals surface area contributed by atoms with Gasteiger partial charge in [-0.25, -0.2) is 0 Å². The van der Waals surface area contributed by atoms with Crippen LogP contribution in [0.3, 0.4) is 0 Å². The molecule has 0 unspecified atom stereocenters. The Balaban J connectivity index is 2.30. The summed E-state index contributed by atoms with van der Waals surface area (Å²) in [6.07, 6.45) is 10.2. The number of unbranched alkanes of at least 4 members (excludes halogenated alkanes) is 6. The van der Waals surface area contributed by atoms with Gasteiger partial charge in [0.2, 0.25) is 0 Å². The van der Waals surface area contributed by atoms with Crippen molar-refractivity contribution in [2.24, 2.45) is 5.92 Å². The fraction of sp³-hybridized carbons (Fsp3) is 0.708. The fourth-order valence-corrected chi connectivity index (χ4v) is 3.27. The second kappa shape index (κ2) is 11.4. The summed E-state index contributed by atoms with van der Waals surface area (Å²) in [5.41, 5.74) is 1.34. The van der Waals surface area contributed by atoms with E-state index in [0.29, 0.717) is 12.2 Å². The maximum atomic E-state index is 12.1. The van der Waals surface area contributed by atoms with Crippen molar-refractivity contribution >= 4 is 5.97 Å². The molecule has 1 aromatic rings. The molecular formula is C24H40O3. The molecule has 0 aliphatic rings. The van der Waals surface area contributed by atoms with E-state index in [1.54, 1.807) is 12.1 Å². The van der Waals surface area contributed by atoms with Crippen LogP contribution in [-0.4, -0.2) is 11.1 Å². The standard InChI is InChI=1S/C24H40O3/c1-18(2)14-12-10-8-7-9-11-13-15-22(25)27-20-16-19(3)23(26)21(17-20)24(4,5)6/h16-18,26H,7-15H2,1-6H3. The van der Waals surface area contributed by atoms with Gasteiger partial charge in [0.1, 0.15) is 11.5 Å². The molecule has 0 bridgehead atoms. The second-order valence-electron chi connectivity index (χ2n) is 9.27. The predicted molar refractivity (Wildman–Crippen MR) is 114 cm³/mol. The zero-order chi connectivity index (χ0) is 20.4. The summed E-state index contributed by atoms with van der Waals surface area (Å²) in [4.78, 5) is 12.1. The van der Waals surface area contributed by atoms with Crippen molar-refractivity contribution in [3.8, 4) is 11.5 Å². The molecule has 0 aliphatic heterocycles. The van der Waals surface area contributed by atoms with Crippen LogP contribution in [0.1, 0.15) is 104 Å². The molecule has 0 spiro atoms. The molecule has 0 aliphatic carbocycles. The molecule has 0 atom stereocenters. The number of ether oxygens (including phenoxy) is 1. The molecular weight excluding hydrogens is 336 g/mol. The average molecular weight is 377 g/mol. The quantitative estimate of drug-likeness (QED) is 0.255. The lowest BCUT2D eigenvalue weighted by Crippen LogP contribution is -2.13. The Morgan fingerprint density at radius 2 is 1.56 bits per heavy atom. The number of rotatable bonds is 11. The van der Waals surface area contributed by atoms with E-state index in [9.17, 15) is 9.90 Å². The van der Waals surface area contributed by atoms with Gasteiger partial charge in [-0.15, -0.1) is 0 Å². The predicted octanol–water partition coefficient (Wildman–Crippen LogP) is 7.07. The molecule has 0 heterocycles. The highest BCUT2D eigenvalue weighted by Gasteiger charge is 2.21. The minimum absolute atomic E-state index is 0.183. The third kappa shape index (κ3) is 9.30. The van der Waals surface area contributed by atoms with Gasteiger partial charge in [-0.1, -0.05) is 79.6 Å². The number of aryl methyl sites for hydroxylation is 1. The third-order valence-corrected chi connectivity index (χ3v) is 4.98. The van der Waals surface area contributed by atoms with Crippen molar-refractivity contribution in [2.75, 3.05) is 0 Å². The monoisotopic (exact) mass is 376 g/mol. The lowest BCUT2D eigenvalue weighted by Gasteiger charge is -2.22. The summed E-state index contributed by atoms with van der Waals surface area (Å²) >= 11 is 0. The Morgan fingerprint density at radius 3 is 2.11 bits per heavy atom. The number of esters is 1. The number of hydrogen-bond donors (Lipinski definition) is 1. The summed E-state index contributed by atoms with van der Waals surface area (Å²) < 4.78 is 5.52. The fourth-order valence-electron chi connectivity index (χ4n) is 3.27. The smallest absolute Gasteiger partial charge is 0.311 e. The van der Waals surface area contributed by atoms with E-state index < -0.39 is 0 Å². The van der Waals surface area contributed by atoms with Gasteiger partial charge in [-0.3, -0.25) is 4.79 Å². The van der Waals surface area contributed by atoms with Crippen LogP contribution in [0.2, 0.25) is 0 Å². The highest BCUT2D eigenvalue weighted by molar-refractivity contribution is 5.72. The van der Waals surface area contributed by atoms with Crippen molar-refractivity contribution in [3.05, 3.63) is 23.3 Å². The molecule has 1 N–H and O–H groups in total. The molecule has 1 rings (SSSR count). The highest BCUT2D eigenvalue weighted by atomic mass is 16.5. The number of aromatic hydroxyl groups is 1. The molecule has 3 heteroatoms. The Labute approximate surface area is 166 Å². The van der Waals surface area contributed by atoms with Crippen molar-refractivity contribution < 1.29 is 14.6 Å². The Kier molecular flexibility index (Phi) is 9.90. The van der Waals surface area contributed by atoms with Crippen LogP contribution in [0, 0.1) is 12.8 Å². The van der Waals surface area contributed by atoms with Gasteiger partial charge in [0, 0.05) is 12.0 Å². The maximum Gasteiger partial charge on any atom is 0.311 e. The third-order valence-electron chi connectivity index (χ3n) is 4.98. The van der Waals surface area contributed by atoms with Gasteiger partial charge >= 0.3 is 5.97 Å². The van der Waals surface area contributed by atoms with E-state index in [2.05, 4.69) is 13.8 Å². The first-order chi connectivity index (χ1) is 12.6. The minimum atomic E-state index is -0.202. The molecule has 0 amide bonds.